The normalized spacial score (nSPS) is 13.4. The molecule has 40 heavy (non-hydrogen) atoms. The number of carbonyl (C=O) groups is 1. The maximum atomic E-state index is 12.3. The standard InChI is InChI=1S/C23H42ClN7O4.C3H8O2/c1-22(2,14-23(3,4)9-12-35-13-15(33)7-5-11-32)8-6-10-28-21(27)31-20(34)16-18(25)30-19(26)17(24)29-16;1-3(2,4)5/h15,32-33H,5-14H2,1-4H3,(H4,25,26,30)(H3,27,28,31,34);4-5H,1-2H3. The Kier molecular flexibility index (Phi) is 16.5. The van der Waals surface area contributed by atoms with Gasteiger partial charge in [-0.1, -0.05) is 39.3 Å². The first-order valence-electron chi connectivity index (χ1n) is 13.3. The number of nitrogens with zero attached hydrogens (tertiary/aromatic N) is 3. The number of nitrogens with two attached hydrogens (primary N) is 3. The molecule has 1 amide bonds. The van der Waals surface area contributed by atoms with Gasteiger partial charge in [0.15, 0.2) is 34.2 Å². The molecule has 1 aromatic heterocycles. The number of carbonyl (C=O) groups excluding carboxylic acids is 1. The van der Waals surface area contributed by atoms with Crippen molar-refractivity contribution >= 4 is 35.1 Å². The molecule has 0 saturated heterocycles. The van der Waals surface area contributed by atoms with Gasteiger partial charge in [0.2, 0.25) is 0 Å². The van der Waals surface area contributed by atoms with Crippen LogP contribution in [0.4, 0.5) is 11.6 Å². The van der Waals surface area contributed by atoms with Gasteiger partial charge in [-0.05, 0) is 63.2 Å². The van der Waals surface area contributed by atoms with Crippen LogP contribution in [-0.4, -0.2) is 80.5 Å². The van der Waals surface area contributed by atoms with E-state index in [-0.39, 0.29) is 45.9 Å². The number of aromatic nitrogens is 2. The summed E-state index contributed by atoms with van der Waals surface area (Å²) >= 11 is 5.80. The average Bonchev–Trinajstić information content (AvgIpc) is 2.78. The molecule has 0 aliphatic carbocycles. The zero-order valence-corrected chi connectivity index (χ0v) is 25.5. The van der Waals surface area contributed by atoms with Crippen LogP contribution in [0.15, 0.2) is 4.99 Å². The van der Waals surface area contributed by atoms with Crippen LogP contribution < -0.4 is 22.5 Å². The molecule has 1 atom stereocenters. The summed E-state index contributed by atoms with van der Waals surface area (Å²) in [5.74, 6) is -2.41. The summed E-state index contributed by atoms with van der Waals surface area (Å²) in [6, 6.07) is 0. The van der Waals surface area contributed by atoms with E-state index in [1.54, 1.807) is 0 Å². The van der Waals surface area contributed by atoms with Crippen LogP contribution in [0.1, 0.15) is 90.6 Å². The molecule has 0 saturated carbocycles. The largest absolute Gasteiger partial charge is 0.396 e. The Bertz CT molecular complexity index is 933. The predicted molar refractivity (Wildman–Crippen MR) is 158 cm³/mol. The Balaban J connectivity index is 0.00000277. The first-order chi connectivity index (χ1) is 18.3. The molecule has 0 fully saturated rings. The SMILES string of the molecule is CC(C)(CCCN=C(N)NC(=O)c1nc(Cl)c(N)nc1N)CC(C)(C)CCOCC(O)CCCO.CC(C)(O)O. The summed E-state index contributed by atoms with van der Waals surface area (Å²) in [7, 11) is 0. The molecule has 11 N–H and O–H groups in total. The van der Waals surface area contributed by atoms with E-state index in [0.29, 0.717) is 32.6 Å². The van der Waals surface area contributed by atoms with Gasteiger partial charge >= 0.3 is 0 Å². The van der Waals surface area contributed by atoms with Gasteiger partial charge in [0.1, 0.15) is 0 Å². The van der Waals surface area contributed by atoms with E-state index in [9.17, 15) is 9.90 Å². The number of amides is 1. The molecule has 0 radical (unpaired) electrons. The molecular formula is C26H50ClN7O6. The Morgan fingerprint density at radius 3 is 2.20 bits per heavy atom. The summed E-state index contributed by atoms with van der Waals surface area (Å²) in [6.07, 6.45) is 4.17. The monoisotopic (exact) mass is 591 g/mol. The molecule has 0 bridgehead atoms. The minimum absolute atomic E-state index is 0.0411. The Labute approximate surface area is 242 Å². The fraction of sp³-hybridized carbons (Fsp3) is 0.769. The van der Waals surface area contributed by atoms with E-state index in [1.807, 2.05) is 0 Å². The summed E-state index contributed by atoms with van der Waals surface area (Å²) < 4.78 is 5.62. The third-order valence-corrected chi connectivity index (χ3v) is 5.82. The molecule has 232 valence electrons. The molecule has 1 rings (SSSR count). The Morgan fingerprint density at radius 2 is 1.62 bits per heavy atom. The number of ether oxygens (including phenoxy) is 1. The van der Waals surface area contributed by atoms with E-state index in [0.717, 1.165) is 25.7 Å². The maximum absolute atomic E-state index is 12.3. The van der Waals surface area contributed by atoms with Crippen LogP contribution >= 0.6 is 11.6 Å². The maximum Gasteiger partial charge on any atom is 0.280 e. The number of guanidine groups is 1. The molecule has 1 heterocycles. The van der Waals surface area contributed by atoms with E-state index in [1.165, 1.54) is 13.8 Å². The third kappa shape index (κ3) is 18.9. The van der Waals surface area contributed by atoms with E-state index >= 15 is 0 Å². The number of aliphatic imine (C=N–C) groups is 1. The highest BCUT2D eigenvalue weighted by Gasteiger charge is 2.28. The van der Waals surface area contributed by atoms with Crippen molar-refractivity contribution in [2.75, 3.05) is 37.8 Å². The first kappa shape index (κ1) is 37.7. The molecule has 1 aromatic rings. The summed E-state index contributed by atoms with van der Waals surface area (Å²) in [6.45, 7) is 12.9. The third-order valence-electron chi connectivity index (χ3n) is 5.54. The highest BCUT2D eigenvalue weighted by atomic mass is 35.5. The number of hydrogen-bond acceptors (Lipinski definition) is 11. The van der Waals surface area contributed by atoms with Gasteiger partial charge in [0, 0.05) is 19.8 Å². The van der Waals surface area contributed by atoms with Crippen LogP contribution in [0.5, 0.6) is 0 Å². The molecule has 13 nitrogen and oxygen atoms in total. The smallest absolute Gasteiger partial charge is 0.280 e. The number of nitrogens with one attached hydrogen (secondary N) is 1. The number of rotatable bonds is 15. The zero-order valence-electron chi connectivity index (χ0n) is 24.7. The molecular weight excluding hydrogens is 542 g/mol. The van der Waals surface area contributed by atoms with Crippen molar-refractivity contribution in [2.45, 2.75) is 92.0 Å². The van der Waals surface area contributed by atoms with Crippen molar-refractivity contribution in [3.63, 3.8) is 0 Å². The number of aliphatic hydroxyl groups excluding tert-OH is 2. The Morgan fingerprint density at radius 1 is 1.05 bits per heavy atom. The second-order valence-electron chi connectivity index (χ2n) is 11.8. The highest BCUT2D eigenvalue weighted by Crippen LogP contribution is 2.39. The summed E-state index contributed by atoms with van der Waals surface area (Å²) in [5.41, 5.74) is 17.0. The van der Waals surface area contributed by atoms with Crippen LogP contribution in [0, 0.1) is 10.8 Å². The summed E-state index contributed by atoms with van der Waals surface area (Å²) in [5, 5.41) is 37.1. The second kappa shape index (κ2) is 17.5. The van der Waals surface area contributed by atoms with Gasteiger partial charge < -0.3 is 42.4 Å². The van der Waals surface area contributed by atoms with E-state index < -0.39 is 17.8 Å². The first-order valence-corrected chi connectivity index (χ1v) is 13.7. The highest BCUT2D eigenvalue weighted by molar-refractivity contribution is 6.31. The van der Waals surface area contributed by atoms with Crippen molar-refractivity contribution in [1.82, 2.24) is 15.3 Å². The molecule has 0 aliphatic heterocycles. The van der Waals surface area contributed by atoms with Gasteiger partial charge in [-0.15, -0.1) is 0 Å². The van der Waals surface area contributed by atoms with Gasteiger partial charge in [-0.3, -0.25) is 15.1 Å². The minimum Gasteiger partial charge on any atom is -0.396 e. The summed E-state index contributed by atoms with van der Waals surface area (Å²) in [4.78, 5) is 24.1. The quantitative estimate of drug-likeness (QED) is 0.0633. The topological polar surface area (TPSA) is 235 Å². The molecule has 0 aliphatic rings. The van der Waals surface area contributed by atoms with Crippen LogP contribution in [-0.2, 0) is 4.74 Å². The van der Waals surface area contributed by atoms with Crippen LogP contribution in [0.2, 0.25) is 5.15 Å². The fourth-order valence-electron chi connectivity index (χ4n) is 4.03. The number of nitrogen functional groups attached to an aromatic ring is 2. The van der Waals surface area contributed by atoms with Crippen LogP contribution in [0.3, 0.4) is 0 Å². The van der Waals surface area contributed by atoms with Crippen molar-refractivity contribution in [3.05, 3.63) is 10.8 Å². The zero-order chi connectivity index (χ0) is 31.1. The lowest BCUT2D eigenvalue weighted by atomic mass is 9.71. The van der Waals surface area contributed by atoms with Crippen LogP contribution in [0.25, 0.3) is 0 Å². The van der Waals surface area contributed by atoms with E-state index in [4.69, 9.17) is 48.9 Å². The molecule has 1 unspecified atom stereocenters. The van der Waals surface area contributed by atoms with E-state index in [2.05, 4.69) is 48.0 Å². The second-order valence-corrected chi connectivity index (χ2v) is 12.2. The average molecular weight is 592 g/mol. The lowest BCUT2D eigenvalue weighted by Gasteiger charge is -2.35. The van der Waals surface area contributed by atoms with Crippen molar-refractivity contribution in [1.29, 1.82) is 0 Å². The van der Waals surface area contributed by atoms with Gasteiger partial charge in [-0.2, -0.15) is 0 Å². The number of hydrogen-bond donors (Lipinski definition) is 8. The molecule has 14 heteroatoms. The fourth-order valence-corrected chi connectivity index (χ4v) is 4.16. The van der Waals surface area contributed by atoms with Gasteiger partial charge in [0.25, 0.3) is 5.91 Å². The number of anilines is 2. The van der Waals surface area contributed by atoms with Crippen molar-refractivity contribution in [2.24, 2.45) is 21.6 Å². The lowest BCUT2D eigenvalue weighted by molar-refractivity contribution is -0.127. The number of halogens is 1. The van der Waals surface area contributed by atoms with Gasteiger partial charge in [-0.25, -0.2) is 9.97 Å². The minimum atomic E-state index is -1.50. The lowest BCUT2D eigenvalue weighted by Crippen LogP contribution is -2.38. The molecule has 0 aromatic carbocycles. The van der Waals surface area contributed by atoms with Crippen molar-refractivity contribution < 1.29 is 30.0 Å². The van der Waals surface area contributed by atoms with Crippen molar-refractivity contribution in [3.8, 4) is 0 Å². The number of aliphatic hydroxyl groups is 4. The predicted octanol–water partition coefficient (Wildman–Crippen LogP) is 1.81. The molecule has 0 spiro atoms. The van der Waals surface area contributed by atoms with Gasteiger partial charge in [0.05, 0.1) is 12.7 Å². The Hall–Kier alpha value is -2.29.